The van der Waals surface area contributed by atoms with E-state index < -0.39 is 27.8 Å². The van der Waals surface area contributed by atoms with E-state index in [0.29, 0.717) is 23.5 Å². The van der Waals surface area contributed by atoms with Crippen molar-refractivity contribution in [2.24, 2.45) is 23.7 Å². The molecule has 9 nitrogen and oxygen atoms in total. The zero-order valence-electron chi connectivity index (χ0n) is 16.9. The molecule has 2 aliphatic carbocycles. The Morgan fingerprint density at radius 1 is 1.00 bits per heavy atom. The molecule has 3 N–H and O–H groups in total. The molecule has 0 unspecified atom stereocenters. The number of carboxylic acid groups (broad SMARTS) is 1. The molecule has 0 spiro atoms. The van der Waals surface area contributed by atoms with Crippen LogP contribution in [0.2, 0.25) is 0 Å². The molecule has 0 aliphatic heterocycles. The number of aliphatic carboxylic acids is 1. The predicted octanol–water partition coefficient (Wildman–Crippen LogP) is 2.36. The van der Waals surface area contributed by atoms with Gasteiger partial charge in [0.05, 0.1) is 16.7 Å². The molecule has 1 aromatic carbocycles. The van der Waals surface area contributed by atoms with E-state index in [1.807, 2.05) is 12.2 Å². The number of fused-ring (bicyclic) bond motifs is 2. The lowest BCUT2D eigenvalue weighted by atomic mass is 9.82. The van der Waals surface area contributed by atoms with Crippen molar-refractivity contribution in [1.82, 2.24) is 9.97 Å². The number of hydrogen-bond donors (Lipinski definition) is 3. The van der Waals surface area contributed by atoms with Crippen LogP contribution >= 0.6 is 0 Å². The van der Waals surface area contributed by atoms with Crippen LogP contribution in [-0.4, -0.2) is 35.4 Å². The number of allylic oxidation sites excluding steroid dienone is 2. The average molecular weight is 442 g/mol. The Labute approximate surface area is 179 Å². The molecule has 4 atom stereocenters. The summed E-state index contributed by atoms with van der Waals surface area (Å²) in [6.07, 6.45) is 4.45. The van der Waals surface area contributed by atoms with Crippen molar-refractivity contribution < 1.29 is 23.1 Å². The standard InChI is InChI=1S/C21H22N4O5S/c1-11-9-12(2)23-21(22-11)25-31(29,30)16-7-5-15(6-8-16)24-19(26)17-13-3-4-14(10-13)18(17)20(27)28/h3-9,13-14,17-18H,10H2,1-2H3,(H,24,26)(H,27,28)(H,22,23,25)/t13-,14-,17-,18-/m0/s1. The van der Waals surface area contributed by atoms with Gasteiger partial charge in [0.2, 0.25) is 11.9 Å². The number of nitrogens with one attached hydrogen (secondary N) is 2. The summed E-state index contributed by atoms with van der Waals surface area (Å²) >= 11 is 0. The van der Waals surface area contributed by atoms with Crippen molar-refractivity contribution >= 4 is 33.5 Å². The fourth-order valence-electron chi connectivity index (χ4n) is 4.41. The number of rotatable bonds is 6. The summed E-state index contributed by atoms with van der Waals surface area (Å²) in [4.78, 5) is 32.5. The second-order valence-electron chi connectivity index (χ2n) is 7.93. The maximum absolute atomic E-state index is 12.8. The minimum atomic E-state index is -3.91. The van der Waals surface area contributed by atoms with Gasteiger partial charge < -0.3 is 10.4 Å². The van der Waals surface area contributed by atoms with Gasteiger partial charge in [-0.1, -0.05) is 12.2 Å². The van der Waals surface area contributed by atoms with Crippen LogP contribution in [0.3, 0.4) is 0 Å². The topological polar surface area (TPSA) is 138 Å². The molecule has 2 aliphatic rings. The third-order valence-electron chi connectivity index (χ3n) is 5.69. The molecule has 162 valence electrons. The second-order valence-corrected chi connectivity index (χ2v) is 9.61. The van der Waals surface area contributed by atoms with E-state index in [1.165, 1.54) is 24.3 Å². The quantitative estimate of drug-likeness (QED) is 0.584. The maximum atomic E-state index is 12.8. The van der Waals surface area contributed by atoms with Crippen molar-refractivity contribution in [2.45, 2.75) is 25.2 Å². The number of carbonyl (C=O) groups is 2. The smallest absolute Gasteiger partial charge is 0.307 e. The monoisotopic (exact) mass is 442 g/mol. The Bertz CT molecular complexity index is 1160. The highest BCUT2D eigenvalue weighted by atomic mass is 32.2. The molecule has 0 saturated heterocycles. The van der Waals surface area contributed by atoms with Crippen LogP contribution in [0.4, 0.5) is 11.6 Å². The van der Waals surface area contributed by atoms with Crippen LogP contribution in [-0.2, 0) is 19.6 Å². The van der Waals surface area contributed by atoms with E-state index in [9.17, 15) is 23.1 Å². The summed E-state index contributed by atoms with van der Waals surface area (Å²) in [6.45, 7) is 3.48. The lowest BCUT2D eigenvalue weighted by Gasteiger charge is -2.23. The highest BCUT2D eigenvalue weighted by Gasteiger charge is 2.51. The fraction of sp³-hybridized carbons (Fsp3) is 0.333. The van der Waals surface area contributed by atoms with Gasteiger partial charge in [-0.05, 0) is 62.4 Å². The van der Waals surface area contributed by atoms with E-state index in [4.69, 9.17) is 0 Å². The minimum absolute atomic E-state index is 0.0143. The largest absolute Gasteiger partial charge is 0.481 e. The van der Waals surface area contributed by atoms with E-state index in [-0.39, 0.29) is 28.6 Å². The van der Waals surface area contributed by atoms with Gasteiger partial charge in [0.1, 0.15) is 0 Å². The maximum Gasteiger partial charge on any atom is 0.307 e. The summed E-state index contributed by atoms with van der Waals surface area (Å²) in [5, 5.41) is 12.2. The molecule has 1 fully saturated rings. The third kappa shape index (κ3) is 4.15. The molecular formula is C21H22N4O5S. The summed E-state index contributed by atoms with van der Waals surface area (Å²) in [7, 11) is -3.91. The molecule has 1 saturated carbocycles. The average Bonchev–Trinajstić information content (AvgIpc) is 3.28. The number of nitrogens with zero attached hydrogens (tertiary/aromatic N) is 2. The van der Waals surface area contributed by atoms with Crippen molar-refractivity contribution in [3.05, 3.63) is 53.9 Å². The van der Waals surface area contributed by atoms with Crippen LogP contribution in [0, 0.1) is 37.5 Å². The highest BCUT2D eigenvalue weighted by Crippen LogP contribution is 2.48. The SMILES string of the molecule is Cc1cc(C)nc(NS(=O)(=O)c2ccc(NC(=O)[C@@H]3[C@@H](C(=O)O)[C@H]4C=C[C@H]3C4)cc2)n1. The Kier molecular flexibility index (Phi) is 5.26. The van der Waals surface area contributed by atoms with Gasteiger partial charge in [0.25, 0.3) is 10.0 Å². The lowest BCUT2D eigenvalue weighted by Crippen LogP contribution is -2.36. The van der Waals surface area contributed by atoms with Crippen LogP contribution in [0.1, 0.15) is 17.8 Å². The number of sulfonamides is 1. The zero-order chi connectivity index (χ0) is 22.3. The second kappa shape index (κ2) is 7.77. The van der Waals surface area contributed by atoms with Crippen LogP contribution in [0.5, 0.6) is 0 Å². The molecule has 0 radical (unpaired) electrons. The number of benzene rings is 1. The van der Waals surface area contributed by atoms with Gasteiger partial charge in [0.15, 0.2) is 0 Å². The van der Waals surface area contributed by atoms with Crippen molar-refractivity contribution in [3.8, 4) is 0 Å². The molecule has 1 heterocycles. The molecule has 2 bridgehead atoms. The van der Waals surface area contributed by atoms with E-state index in [1.54, 1.807) is 19.9 Å². The van der Waals surface area contributed by atoms with Gasteiger partial charge >= 0.3 is 5.97 Å². The van der Waals surface area contributed by atoms with Crippen molar-refractivity contribution in [3.63, 3.8) is 0 Å². The fourth-order valence-corrected chi connectivity index (χ4v) is 5.35. The first-order valence-corrected chi connectivity index (χ1v) is 11.3. The van der Waals surface area contributed by atoms with Crippen LogP contribution in [0.25, 0.3) is 0 Å². The highest BCUT2D eigenvalue weighted by molar-refractivity contribution is 7.92. The zero-order valence-corrected chi connectivity index (χ0v) is 17.8. The first-order chi connectivity index (χ1) is 14.6. The lowest BCUT2D eigenvalue weighted by molar-refractivity contribution is -0.146. The van der Waals surface area contributed by atoms with Crippen LogP contribution < -0.4 is 10.0 Å². The van der Waals surface area contributed by atoms with Crippen molar-refractivity contribution in [1.29, 1.82) is 0 Å². The van der Waals surface area contributed by atoms with E-state index in [2.05, 4.69) is 20.0 Å². The Hall–Kier alpha value is -3.27. The predicted molar refractivity (Wildman–Crippen MR) is 113 cm³/mol. The van der Waals surface area contributed by atoms with Gasteiger partial charge in [-0.2, -0.15) is 0 Å². The number of anilines is 2. The minimum Gasteiger partial charge on any atom is -0.481 e. The van der Waals surface area contributed by atoms with E-state index in [0.717, 1.165) is 0 Å². The number of carboxylic acids is 1. The molecule has 2 aromatic rings. The van der Waals surface area contributed by atoms with Gasteiger partial charge in [-0.3, -0.25) is 9.59 Å². The molecule has 4 rings (SSSR count). The number of aromatic nitrogens is 2. The molecule has 10 heteroatoms. The Morgan fingerprint density at radius 2 is 1.58 bits per heavy atom. The number of amides is 1. The number of hydrogen-bond acceptors (Lipinski definition) is 6. The molecule has 31 heavy (non-hydrogen) atoms. The number of aryl methyl sites for hydroxylation is 2. The molecular weight excluding hydrogens is 420 g/mol. The van der Waals surface area contributed by atoms with Gasteiger partial charge in [-0.25, -0.2) is 23.1 Å². The van der Waals surface area contributed by atoms with E-state index >= 15 is 0 Å². The van der Waals surface area contributed by atoms with Gasteiger partial charge in [0, 0.05) is 17.1 Å². The third-order valence-corrected chi connectivity index (χ3v) is 7.03. The Morgan fingerprint density at radius 3 is 2.16 bits per heavy atom. The summed E-state index contributed by atoms with van der Waals surface area (Å²) < 4.78 is 27.6. The van der Waals surface area contributed by atoms with Gasteiger partial charge in [-0.15, -0.1) is 0 Å². The summed E-state index contributed by atoms with van der Waals surface area (Å²) in [6, 6.07) is 7.38. The molecule has 1 aromatic heterocycles. The normalized spacial score (nSPS) is 24.2. The first-order valence-electron chi connectivity index (χ1n) is 9.81. The molecule has 1 amide bonds. The Balaban J connectivity index is 1.47. The summed E-state index contributed by atoms with van der Waals surface area (Å²) in [5.41, 5.74) is 1.67. The summed E-state index contributed by atoms with van der Waals surface area (Å²) in [5.74, 6) is -2.95. The number of carbonyl (C=O) groups excluding carboxylic acids is 1. The first kappa shape index (κ1) is 21.0. The van der Waals surface area contributed by atoms with Crippen LogP contribution in [0.15, 0.2) is 47.4 Å². The van der Waals surface area contributed by atoms with Crippen molar-refractivity contribution in [2.75, 3.05) is 10.0 Å².